The van der Waals surface area contributed by atoms with Crippen molar-refractivity contribution in [3.63, 3.8) is 0 Å². The van der Waals surface area contributed by atoms with Gasteiger partial charge in [-0.3, -0.25) is 9.59 Å². The van der Waals surface area contributed by atoms with E-state index in [4.69, 9.17) is 0 Å². The Hall–Kier alpha value is -2.14. The first-order valence-corrected chi connectivity index (χ1v) is 7.62. The van der Waals surface area contributed by atoms with E-state index in [0.717, 1.165) is 11.1 Å². The molecule has 0 aliphatic carbocycles. The highest BCUT2D eigenvalue weighted by molar-refractivity contribution is 7.12. The largest absolute Gasteiger partial charge is 0.348 e. The van der Waals surface area contributed by atoms with E-state index >= 15 is 0 Å². The molecule has 1 aromatic carbocycles. The van der Waals surface area contributed by atoms with Crippen LogP contribution in [0, 0.1) is 6.92 Å². The summed E-state index contributed by atoms with van der Waals surface area (Å²) in [6.45, 7) is 3.92. The van der Waals surface area contributed by atoms with Gasteiger partial charge in [-0.05, 0) is 36.4 Å². The van der Waals surface area contributed by atoms with Gasteiger partial charge in [0.1, 0.15) is 0 Å². The predicted octanol–water partition coefficient (Wildman–Crippen LogP) is 2.66. The molecule has 4 nitrogen and oxygen atoms in total. The van der Waals surface area contributed by atoms with Crippen molar-refractivity contribution in [3.05, 3.63) is 57.8 Å². The predicted molar refractivity (Wildman–Crippen MR) is 84.4 cm³/mol. The van der Waals surface area contributed by atoms with Crippen molar-refractivity contribution in [2.24, 2.45) is 0 Å². The third-order valence-corrected chi connectivity index (χ3v) is 4.06. The third-order valence-electron chi connectivity index (χ3n) is 3.19. The zero-order chi connectivity index (χ0) is 15.2. The lowest BCUT2D eigenvalue weighted by Gasteiger charge is -2.16. The maximum atomic E-state index is 11.9. The lowest BCUT2D eigenvalue weighted by molar-refractivity contribution is -0.120. The maximum Gasteiger partial charge on any atom is 0.261 e. The van der Waals surface area contributed by atoms with Crippen molar-refractivity contribution in [3.8, 4) is 0 Å². The molecule has 0 aliphatic heterocycles. The number of hydrogen-bond acceptors (Lipinski definition) is 3. The summed E-state index contributed by atoms with van der Waals surface area (Å²) >= 11 is 1.35. The molecule has 2 rings (SSSR count). The summed E-state index contributed by atoms with van der Waals surface area (Å²) in [7, 11) is 0. The molecule has 1 heterocycles. The van der Waals surface area contributed by atoms with E-state index in [0.29, 0.717) is 4.88 Å². The van der Waals surface area contributed by atoms with Gasteiger partial charge in [-0.15, -0.1) is 11.3 Å². The molecule has 0 saturated carbocycles. The highest BCUT2D eigenvalue weighted by Crippen LogP contribution is 2.16. The molecule has 0 spiro atoms. The Morgan fingerprint density at radius 3 is 2.62 bits per heavy atom. The van der Waals surface area contributed by atoms with Crippen LogP contribution in [0.2, 0.25) is 0 Å². The molecule has 0 aliphatic rings. The van der Waals surface area contributed by atoms with Crippen LogP contribution in [-0.4, -0.2) is 18.4 Å². The van der Waals surface area contributed by atoms with E-state index in [-0.39, 0.29) is 24.4 Å². The van der Waals surface area contributed by atoms with Crippen LogP contribution in [0.5, 0.6) is 0 Å². The van der Waals surface area contributed by atoms with Gasteiger partial charge in [-0.2, -0.15) is 0 Å². The van der Waals surface area contributed by atoms with Crippen molar-refractivity contribution in [2.75, 3.05) is 6.54 Å². The second-order valence-electron chi connectivity index (χ2n) is 4.81. The van der Waals surface area contributed by atoms with E-state index in [1.54, 1.807) is 12.1 Å². The van der Waals surface area contributed by atoms with Crippen molar-refractivity contribution in [1.29, 1.82) is 0 Å². The first-order chi connectivity index (χ1) is 10.1. The highest BCUT2D eigenvalue weighted by atomic mass is 32.1. The Bertz CT molecular complexity index is 623. The zero-order valence-corrected chi connectivity index (χ0v) is 12.9. The number of thiophene rings is 1. The zero-order valence-electron chi connectivity index (χ0n) is 12.1. The monoisotopic (exact) mass is 302 g/mol. The first-order valence-electron chi connectivity index (χ1n) is 6.74. The molecule has 21 heavy (non-hydrogen) atoms. The van der Waals surface area contributed by atoms with Crippen molar-refractivity contribution in [1.82, 2.24) is 10.6 Å². The Morgan fingerprint density at radius 2 is 1.95 bits per heavy atom. The maximum absolute atomic E-state index is 11.9. The molecule has 110 valence electrons. The molecule has 2 aromatic rings. The normalized spacial score (nSPS) is 11.7. The van der Waals surface area contributed by atoms with Crippen LogP contribution in [0.4, 0.5) is 0 Å². The Morgan fingerprint density at radius 1 is 1.19 bits per heavy atom. The molecule has 0 radical (unpaired) electrons. The first kappa shape index (κ1) is 15.3. The standard InChI is InChI=1S/C16H18N2O2S/c1-11-6-3-4-7-13(11)12(2)18-15(19)10-17-16(20)14-8-5-9-21-14/h3-9,12H,10H2,1-2H3,(H,17,20)(H,18,19). The fourth-order valence-electron chi connectivity index (χ4n) is 2.10. The van der Waals surface area contributed by atoms with Gasteiger partial charge >= 0.3 is 0 Å². The van der Waals surface area contributed by atoms with E-state index in [1.165, 1.54) is 11.3 Å². The number of aryl methyl sites for hydroxylation is 1. The minimum Gasteiger partial charge on any atom is -0.348 e. The van der Waals surface area contributed by atoms with Crippen LogP contribution < -0.4 is 10.6 Å². The summed E-state index contributed by atoms with van der Waals surface area (Å²) in [6, 6.07) is 11.4. The summed E-state index contributed by atoms with van der Waals surface area (Å²) in [5, 5.41) is 7.33. The molecule has 2 N–H and O–H groups in total. The van der Waals surface area contributed by atoms with Crippen molar-refractivity contribution < 1.29 is 9.59 Å². The van der Waals surface area contributed by atoms with Crippen LogP contribution in [-0.2, 0) is 4.79 Å². The molecule has 0 bridgehead atoms. The Balaban J connectivity index is 1.85. The number of carbonyl (C=O) groups excluding carboxylic acids is 2. The second-order valence-corrected chi connectivity index (χ2v) is 5.75. The van der Waals surface area contributed by atoms with Crippen LogP contribution in [0.3, 0.4) is 0 Å². The van der Waals surface area contributed by atoms with E-state index in [9.17, 15) is 9.59 Å². The smallest absolute Gasteiger partial charge is 0.261 e. The fourth-order valence-corrected chi connectivity index (χ4v) is 2.74. The van der Waals surface area contributed by atoms with E-state index < -0.39 is 0 Å². The number of rotatable bonds is 5. The number of benzene rings is 1. The topological polar surface area (TPSA) is 58.2 Å². The molecule has 5 heteroatoms. The summed E-state index contributed by atoms with van der Waals surface area (Å²) in [6.07, 6.45) is 0. The van der Waals surface area contributed by atoms with Crippen LogP contribution in [0.1, 0.15) is 33.8 Å². The molecule has 1 aromatic heterocycles. The Kier molecular flexibility index (Phi) is 5.11. The van der Waals surface area contributed by atoms with Gasteiger partial charge in [-0.1, -0.05) is 30.3 Å². The SMILES string of the molecule is Cc1ccccc1C(C)NC(=O)CNC(=O)c1cccs1. The quantitative estimate of drug-likeness (QED) is 0.892. The van der Waals surface area contributed by atoms with E-state index in [1.807, 2.05) is 43.5 Å². The van der Waals surface area contributed by atoms with Crippen molar-refractivity contribution >= 4 is 23.2 Å². The van der Waals surface area contributed by atoms with E-state index in [2.05, 4.69) is 10.6 Å². The van der Waals surface area contributed by atoms with Crippen LogP contribution >= 0.6 is 11.3 Å². The Labute approximate surface area is 128 Å². The van der Waals surface area contributed by atoms with Crippen molar-refractivity contribution in [2.45, 2.75) is 19.9 Å². The second kappa shape index (κ2) is 7.04. The highest BCUT2D eigenvalue weighted by Gasteiger charge is 2.13. The number of hydrogen-bond donors (Lipinski definition) is 2. The molecular formula is C16H18N2O2S. The number of amides is 2. The summed E-state index contributed by atoms with van der Waals surface area (Å²) < 4.78 is 0. The molecule has 2 amide bonds. The van der Waals surface area contributed by atoms with Gasteiger partial charge in [0.2, 0.25) is 5.91 Å². The lowest BCUT2D eigenvalue weighted by atomic mass is 10.0. The molecular weight excluding hydrogens is 284 g/mol. The minimum atomic E-state index is -0.219. The molecule has 0 saturated heterocycles. The van der Waals surface area contributed by atoms with Gasteiger partial charge in [0.25, 0.3) is 5.91 Å². The van der Waals surface area contributed by atoms with Crippen LogP contribution in [0.15, 0.2) is 41.8 Å². The van der Waals surface area contributed by atoms with Crippen LogP contribution in [0.25, 0.3) is 0 Å². The molecule has 1 atom stereocenters. The summed E-state index contributed by atoms with van der Waals surface area (Å²) in [4.78, 5) is 24.2. The van der Waals surface area contributed by atoms with Gasteiger partial charge in [0, 0.05) is 0 Å². The van der Waals surface area contributed by atoms with Gasteiger partial charge in [0.05, 0.1) is 17.5 Å². The van der Waals surface area contributed by atoms with Gasteiger partial charge < -0.3 is 10.6 Å². The molecule has 0 fully saturated rings. The average molecular weight is 302 g/mol. The summed E-state index contributed by atoms with van der Waals surface area (Å²) in [5.74, 6) is -0.417. The lowest BCUT2D eigenvalue weighted by Crippen LogP contribution is -2.37. The number of carbonyl (C=O) groups is 2. The van der Waals surface area contributed by atoms with Gasteiger partial charge in [0.15, 0.2) is 0 Å². The number of nitrogens with one attached hydrogen (secondary N) is 2. The summed E-state index contributed by atoms with van der Waals surface area (Å²) in [5.41, 5.74) is 2.21. The molecule has 1 unspecified atom stereocenters. The third kappa shape index (κ3) is 4.16. The fraction of sp³-hybridized carbons (Fsp3) is 0.250. The average Bonchev–Trinajstić information content (AvgIpc) is 2.99. The minimum absolute atomic E-state index is 0.0209. The van der Waals surface area contributed by atoms with Gasteiger partial charge in [-0.25, -0.2) is 0 Å².